The van der Waals surface area contributed by atoms with Crippen molar-refractivity contribution in [1.29, 1.82) is 0 Å². The molecular weight excluding hydrogens is 346 g/mol. The van der Waals surface area contributed by atoms with Gasteiger partial charge in [-0.15, -0.1) is 0 Å². The minimum Gasteiger partial charge on any atom is -0.320 e. The average molecular weight is 355 g/mol. The van der Waals surface area contributed by atoms with Crippen LogP contribution in [0.2, 0.25) is 10.0 Å². The minimum atomic E-state index is -0.738. The lowest BCUT2D eigenvalue weighted by Crippen LogP contribution is -2.09. The number of rotatable bonds is 4. The zero-order valence-corrected chi connectivity index (χ0v) is 12.9. The Kier molecular flexibility index (Phi) is 5.31. The number of amides is 1. The van der Waals surface area contributed by atoms with Gasteiger partial charge in [0.05, 0.1) is 15.6 Å². The number of nitrogens with one attached hydrogen (secondary N) is 1. The van der Waals surface area contributed by atoms with E-state index in [0.717, 1.165) is 6.08 Å². The normalized spacial score (nSPS) is 10.7. The van der Waals surface area contributed by atoms with E-state index < -0.39 is 16.6 Å². The first-order chi connectivity index (χ1) is 10.9. The topological polar surface area (TPSA) is 72.2 Å². The van der Waals surface area contributed by atoms with Gasteiger partial charge in [0.15, 0.2) is 5.82 Å². The average Bonchev–Trinajstić information content (AvgIpc) is 2.51. The van der Waals surface area contributed by atoms with Gasteiger partial charge in [-0.3, -0.25) is 14.9 Å². The second-order valence-electron chi connectivity index (χ2n) is 4.39. The highest BCUT2D eigenvalue weighted by atomic mass is 35.5. The van der Waals surface area contributed by atoms with Crippen LogP contribution in [0.4, 0.5) is 15.8 Å². The van der Waals surface area contributed by atoms with Crippen molar-refractivity contribution in [3.05, 3.63) is 74.0 Å². The number of carbonyl (C=O) groups is 1. The predicted molar refractivity (Wildman–Crippen MR) is 87.2 cm³/mol. The minimum absolute atomic E-state index is 0.00222. The van der Waals surface area contributed by atoms with Crippen LogP contribution in [0.3, 0.4) is 0 Å². The van der Waals surface area contributed by atoms with E-state index in [1.54, 1.807) is 0 Å². The third kappa shape index (κ3) is 4.28. The van der Waals surface area contributed by atoms with Crippen LogP contribution >= 0.6 is 23.2 Å². The first-order valence-corrected chi connectivity index (χ1v) is 7.01. The fourth-order valence-electron chi connectivity index (χ4n) is 1.72. The molecule has 0 saturated heterocycles. The van der Waals surface area contributed by atoms with Gasteiger partial charge in [0.25, 0.3) is 5.69 Å². The van der Waals surface area contributed by atoms with E-state index in [-0.39, 0.29) is 21.4 Å². The molecule has 0 aliphatic heterocycles. The van der Waals surface area contributed by atoms with Crippen LogP contribution in [0, 0.1) is 15.9 Å². The second-order valence-corrected chi connectivity index (χ2v) is 5.21. The van der Waals surface area contributed by atoms with Gasteiger partial charge in [0, 0.05) is 12.1 Å². The number of halogens is 3. The molecule has 8 heteroatoms. The van der Waals surface area contributed by atoms with Crippen molar-refractivity contribution in [3.8, 4) is 0 Å². The van der Waals surface area contributed by atoms with E-state index in [1.165, 1.54) is 42.5 Å². The molecule has 1 amide bonds. The molecule has 0 atom stereocenters. The summed E-state index contributed by atoms with van der Waals surface area (Å²) in [5.74, 6) is -1.35. The summed E-state index contributed by atoms with van der Waals surface area (Å²) in [7, 11) is 0. The number of nitro benzene ring substituents is 1. The van der Waals surface area contributed by atoms with Crippen molar-refractivity contribution in [2.75, 3.05) is 5.32 Å². The molecule has 0 saturated carbocycles. The highest BCUT2D eigenvalue weighted by Crippen LogP contribution is 2.26. The molecule has 23 heavy (non-hydrogen) atoms. The number of hydrogen-bond donors (Lipinski definition) is 1. The predicted octanol–water partition coefficient (Wildman–Crippen LogP) is 4.69. The summed E-state index contributed by atoms with van der Waals surface area (Å²) in [6, 6.07) is 8.31. The van der Waals surface area contributed by atoms with E-state index in [4.69, 9.17) is 23.2 Å². The molecule has 2 aromatic rings. The first-order valence-electron chi connectivity index (χ1n) is 6.25. The van der Waals surface area contributed by atoms with Crippen LogP contribution < -0.4 is 5.32 Å². The van der Waals surface area contributed by atoms with E-state index in [9.17, 15) is 19.3 Å². The Labute approximate surface area is 140 Å². The number of nitrogens with zero attached hydrogens (tertiary/aromatic N) is 1. The summed E-state index contributed by atoms with van der Waals surface area (Å²) in [5, 5.41) is 13.0. The summed E-state index contributed by atoms with van der Waals surface area (Å²) in [6.45, 7) is 0. The molecule has 0 aromatic heterocycles. The molecule has 0 aliphatic rings. The highest BCUT2D eigenvalue weighted by Gasteiger charge is 2.12. The van der Waals surface area contributed by atoms with Gasteiger partial charge >= 0.3 is 0 Å². The zero-order chi connectivity index (χ0) is 17.0. The Bertz CT molecular complexity index is 809. The van der Waals surface area contributed by atoms with Crippen molar-refractivity contribution in [1.82, 2.24) is 0 Å². The van der Waals surface area contributed by atoms with Crippen LogP contribution in [-0.2, 0) is 4.79 Å². The molecule has 0 unspecified atom stereocenters. The van der Waals surface area contributed by atoms with Crippen LogP contribution in [0.1, 0.15) is 5.56 Å². The molecule has 2 aromatic carbocycles. The van der Waals surface area contributed by atoms with E-state index in [1.807, 2.05) is 0 Å². The molecule has 118 valence electrons. The Hall–Kier alpha value is -2.44. The molecule has 0 spiro atoms. The summed E-state index contributed by atoms with van der Waals surface area (Å²) in [5.41, 5.74) is 0.0761. The molecule has 2 rings (SSSR count). The Morgan fingerprint density at radius 2 is 1.96 bits per heavy atom. The quantitative estimate of drug-likeness (QED) is 0.491. The highest BCUT2D eigenvalue weighted by molar-refractivity contribution is 6.32. The maximum atomic E-state index is 13.7. The van der Waals surface area contributed by atoms with Gasteiger partial charge in [-0.25, -0.2) is 4.39 Å². The molecule has 1 N–H and O–H groups in total. The van der Waals surface area contributed by atoms with Gasteiger partial charge in [0.2, 0.25) is 5.91 Å². The first kappa shape index (κ1) is 16.9. The molecule has 0 aliphatic carbocycles. The Balaban J connectivity index is 2.14. The van der Waals surface area contributed by atoms with Crippen LogP contribution in [0.5, 0.6) is 0 Å². The van der Waals surface area contributed by atoms with Crippen LogP contribution in [0.25, 0.3) is 6.08 Å². The van der Waals surface area contributed by atoms with Gasteiger partial charge in [-0.2, -0.15) is 0 Å². The molecule has 0 heterocycles. The number of carbonyl (C=O) groups excluding carboxylic acids is 1. The van der Waals surface area contributed by atoms with Crippen molar-refractivity contribution in [2.24, 2.45) is 0 Å². The SMILES string of the molecule is O=C(/C=C/c1ccc(Cl)c([N+](=O)[O-])c1)Nc1cccc(Cl)c1F. The van der Waals surface area contributed by atoms with Crippen molar-refractivity contribution >= 4 is 46.6 Å². The van der Waals surface area contributed by atoms with Crippen molar-refractivity contribution < 1.29 is 14.1 Å². The van der Waals surface area contributed by atoms with Crippen molar-refractivity contribution in [2.45, 2.75) is 0 Å². The largest absolute Gasteiger partial charge is 0.320 e. The van der Waals surface area contributed by atoms with Gasteiger partial charge in [-0.05, 0) is 29.8 Å². The third-order valence-electron chi connectivity index (χ3n) is 2.80. The zero-order valence-electron chi connectivity index (χ0n) is 11.4. The van der Waals surface area contributed by atoms with Crippen molar-refractivity contribution in [3.63, 3.8) is 0 Å². The number of benzene rings is 2. The summed E-state index contributed by atoms with van der Waals surface area (Å²) < 4.78 is 13.7. The summed E-state index contributed by atoms with van der Waals surface area (Å²) in [6.07, 6.45) is 2.47. The maximum Gasteiger partial charge on any atom is 0.288 e. The monoisotopic (exact) mass is 354 g/mol. The number of hydrogen-bond acceptors (Lipinski definition) is 3. The smallest absolute Gasteiger partial charge is 0.288 e. The lowest BCUT2D eigenvalue weighted by atomic mass is 10.2. The maximum absolute atomic E-state index is 13.7. The number of anilines is 1. The number of nitro groups is 1. The van der Waals surface area contributed by atoms with E-state index in [0.29, 0.717) is 5.56 Å². The standard InChI is InChI=1S/C15H9Cl2FN2O3/c16-10-6-4-9(8-13(10)20(22)23)5-7-14(21)19-12-3-1-2-11(17)15(12)18/h1-8H,(H,19,21)/b7-5+. The Morgan fingerprint density at radius 3 is 2.65 bits per heavy atom. The fourth-order valence-corrected chi connectivity index (χ4v) is 2.08. The van der Waals surface area contributed by atoms with Gasteiger partial charge < -0.3 is 5.32 Å². The van der Waals surface area contributed by atoms with E-state index >= 15 is 0 Å². The van der Waals surface area contributed by atoms with Gasteiger partial charge in [-0.1, -0.05) is 35.3 Å². The van der Waals surface area contributed by atoms with E-state index in [2.05, 4.69) is 5.32 Å². The molecule has 0 bridgehead atoms. The molecule has 0 radical (unpaired) electrons. The van der Waals surface area contributed by atoms with Crippen LogP contribution in [-0.4, -0.2) is 10.8 Å². The molecule has 5 nitrogen and oxygen atoms in total. The summed E-state index contributed by atoms with van der Waals surface area (Å²) >= 11 is 11.3. The fraction of sp³-hybridized carbons (Fsp3) is 0. The third-order valence-corrected chi connectivity index (χ3v) is 3.42. The lowest BCUT2D eigenvalue weighted by Gasteiger charge is -2.04. The molecule has 0 fully saturated rings. The Morgan fingerprint density at radius 1 is 1.22 bits per heavy atom. The van der Waals surface area contributed by atoms with Gasteiger partial charge in [0.1, 0.15) is 5.02 Å². The summed E-state index contributed by atoms with van der Waals surface area (Å²) in [4.78, 5) is 21.9. The van der Waals surface area contributed by atoms with Crippen LogP contribution in [0.15, 0.2) is 42.5 Å². The lowest BCUT2D eigenvalue weighted by molar-refractivity contribution is -0.384. The second kappa shape index (κ2) is 7.21. The molecular formula is C15H9Cl2FN2O3.